The Morgan fingerprint density at radius 1 is 1.12 bits per heavy atom. The Bertz CT molecular complexity index is 1220. The van der Waals surface area contributed by atoms with Crippen LogP contribution in [-0.4, -0.2) is 54.4 Å². The van der Waals surface area contributed by atoms with Gasteiger partial charge in [0, 0.05) is 35.8 Å². The molecule has 1 aromatic heterocycles. The van der Waals surface area contributed by atoms with E-state index < -0.39 is 0 Å². The predicted octanol–water partition coefficient (Wildman–Crippen LogP) is 4.75. The van der Waals surface area contributed by atoms with Gasteiger partial charge < -0.3 is 24.4 Å². The molecule has 0 radical (unpaired) electrons. The second-order valence-electron chi connectivity index (χ2n) is 8.22. The van der Waals surface area contributed by atoms with E-state index in [0.29, 0.717) is 17.3 Å². The van der Waals surface area contributed by atoms with Gasteiger partial charge in [-0.1, -0.05) is 12.0 Å². The van der Waals surface area contributed by atoms with Crippen LogP contribution in [-0.2, 0) is 4.74 Å². The largest absolute Gasteiger partial charge is 0.493 e. The molecule has 34 heavy (non-hydrogen) atoms. The Morgan fingerprint density at radius 3 is 2.62 bits per heavy atom. The first kappa shape index (κ1) is 23.2. The van der Waals surface area contributed by atoms with Crippen LogP contribution >= 0.6 is 0 Å². The number of anilines is 2. The summed E-state index contributed by atoms with van der Waals surface area (Å²) in [5.41, 5.74) is 2.35. The summed E-state index contributed by atoms with van der Waals surface area (Å²) in [6.07, 6.45) is 10.1. The van der Waals surface area contributed by atoms with Crippen LogP contribution in [0, 0.1) is 12.3 Å². The third-order valence-corrected chi connectivity index (χ3v) is 6.16. The van der Waals surface area contributed by atoms with E-state index in [-0.39, 0.29) is 18.2 Å². The van der Waals surface area contributed by atoms with Gasteiger partial charge in [-0.25, -0.2) is 14.8 Å². The van der Waals surface area contributed by atoms with Crippen molar-refractivity contribution >= 4 is 28.5 Å². The lowest BCUT2D eigenvalue weighted by atomic mass is 9.92. The van der Waals surface area contributed by atoms with Crippen LogP contribution in [0.15, 0.2) is 42.7 Å². The molecule has 0 saturated heterocycles. The Balaban J connectivity index is 1.55. The van der Waals surface area contributed by atoms with Gasteiger partial charge in [0.25, 0.3) is 0 Å². The third kappa shape index (κ3) is 4.99. The van der Waals surface area contributed by atoms with E-state index in [2.05, 4.69) is 21.2 Å². The number of hydrogen-bond donors (Lipinski definition) is 1. The van der Waals surface area contributed by atoms with E-state index >= 15 is 0 Å². The maximum atomic E-state index is 11.8. The number of terminal acetylenes is 1. The second kappa shape index (κ2) is 10.3. The van der Waals surface area contributed by atoms with Crippen LogP contribution in [0.1, 0.15) is 31.2 Å². The molecule has 0 aliphatic heterocycles. The normalized spacial score (nSPS) is 17.5. The number of aromatic nitrogens is 2. The van der Waals surface area contributed by atoms with Crippen molar-refractivity contribution in [2.75, 3.05) is 26.6 Å². The molecule has 1 saturated carbocycles. The Labute approximate surface area is 199 Å². The number of ether oxygens (including phenoxy) is 3. The summed E-state index contributed by atoms with van der Waals surface area (Å²) in [4.78, 5) is 22.3. The van der Waals surface area contributed by atoms with Crippen LogP contribution in [0.3, 0.4) is 0 Å². The second-order valence-corrected chi connectivity index (χ2v) is 8.22. The molecule has 0 atom stereocenters. The smallest absolute Gasteiger partial charge is 0.409 e. The van der Waals surface area contributed by atoms with Crippen LogP contribution in [0.25, 0.3) is 10.9 Å². The van der Waals surface area contributed by atoms with Crippen LogP contribution < -0.4 is 14.8 Å². The van der Waals surface area contributed by atoms with Gasteiger partial charge in [0.2, 0.25) is 0 Å². The van der Waals surface area contributed by atoms with Crippen molar-refractivity contribution in [2.45, 2.75) is 37.8 Å². The van der Waals surface area contributed by atoms with Crippen molar-refractivity contribution in [3.05, 3.63) is 48.3 Å². The summed E-state index contributed by atoms with van der Waals surface area (Å²) in [6, 6.07) is 11.5. The Morgan fingerprint density at radius 2 is 1.91 bits per heavy atom. The fraction of sp³-hybridized carbons (Fsp3) is 0.346. The van der Waals surface area contributed by atoms with E-state index in [1.165, 1.54) is 13.4 Å². The number of fused-ring (bicyclic) bond motifs is 1. The van der Waals surface area contributed by atoms with Crippen molar-refractivity contribution in [2.24, 2.45) is 0 Å². The van der Waals surface area contributed by atoms with Gasteiger partial charge in [0.05, 0.1) is 25.8 Å². The van der Waals surface area contributed by atoms with Gasteiger partial charge in [-0.2, -0.15) is 0 Å². The summed E-state index contributed by atoms with van der Waals surface area (Å²) in [6.45, 7) is 0. The highest BCUT2D eigenvalue weighted by molar-refractivity contribution is 5.93. The number of benzene rings is 2. The molecule has 1 amide bonds. The summed E-state index contributed by atoms with van der Waals surface area (Å²) in [5, 5.41) is 4.14. The lowest BCUT2D eigenvalue weighted by Crippen LogP contribution is -2.41. The molecule has 3 aromatic rings. The van der Waals surface area contributed by atoms with Crippen molar-refractivity contribution in [3.8, 4) is 23.8 Å². The molecule has 2 aromatic carbocycles. The first-order valence-electron chi connectivity index (χ1n) is 11.2. The molecule has 0 bridgehead atoms. The van der Waals surface area contributed by atoms with Gasteiger partial charge >= 0.3 is 6.09 Å². The highest BCUT2D eigenvalue weighted by Gasteiger charge is 2.28. The number of carbonyl (C=O) groups is 1. The maximum Gasteiger partial charge on any atom is 0.409 e. The molecule has 8 heteroatoms. The number of methoxy groups -OCH3 is 2. The van der Waals surface area contributed by atoms with Gasteiger partial charge in [-0.05, 0) is 49.9 Å². The molecule has 4 rings (SSSR count). The number of rotatable bonds is 6. The van der Waals surface area contributed by atoms with Gasteiger partial charge in [0.15, 0.2) is 11.5 Å². The number of nitrogens with one attached hydrogen (secondary N) is 1. The topological polar surface area (TPSA) is 85.8 Å². The lowest BCUT2D eigenvalue weighted by molar-refractivity contribution is 0.0801. The van der Waals surface area contributed by atoms with E-state index in [1.807, 2.05) is 36.4 Å². The lowest BCUT2D eigenvalue weighted by Gasteiger charge is -2.34. The zero-order chi connectivity index (χ0) is 24.1. The van der Waals surface area contributed by atoms with Gasteiger partial charge in [-0.15, -0.1) is 6.42 Å². The first-order chi connectivity index (χ1) is 16.5. The molecule has 0 unspecified atom stereocenters. The van der Waals surface area contributed by atoms with E-state index in [9.17, 15) is 4.79 Å². The summed E-state index contributed by atoms with van der Waals surface area (Å²) in [7, 11) is 4.79. The molecule has 0 spiro atoms. The average Bonchev–Trinajstić information content (AvgIpc) is 2.88. The fourth-order valence-corrected chi connectivity index (χ4v) is 4.26. The number of nitrogens with zero attached hydrogens (tertiary/aromatic N) is 3. The molecule has 176 valence electrons. The molecule has 1 aliphatic rings. The number of amides is 1. The standard InChI is InChI=1S/C26H28N4O4/c1-5-17-7-6-8-18(13-17)29-25-21-14-24(23(32-3)15-22(21)27-16-28-25)34-20-11-9-19(10-12-20)30(2)26(31)33-4/h1,6-8,13-16,19-20H,9-12H2,2-4H3,(H,27,28,29). The molecular weight excluding hydrogens is 432 g/mol. The van der Waals surface area contributed by atoms with Crippen molar-refractivity contribution < 1.29 is 19.0 Å². The predicted molar refractivity (Wildman–Crippen MR) is 131 cm³/mol. The maximum absolute atomic E-state index is 11.8. The highest BCUT2D eigenvalue weighted by atomic mass is 16.5. The molecule has 8 nitrogen and oxygen atoms in total. The van der Waals surface area contributed by atoms with E-state index in [0.717, 1.165) is 47.8 Å². The van der Waals surface area contributed by atoms with Crippen molar-refractivity contribution in [1.29, 1.82) is 0 Å². The minimum atomic E-state index is -0.312. The molecular formula is C26H28N4O4. The number of hydrogen-bond acceptors (Lipinski definition) is 7. The fourth-order valence-electron chi connectivity index (χ4n) is 4.26. The molecule has 1 fully saturated rings. The van der Waals surface area contributed by atoms with Gasteiger partial charge in [0.1, 0.15) is 12.1 Å². The third-order valence-electron chi connectivity index (χ3n) is 6.16. The molecule has 1 aliphatic carbocycles. The van der Waals surface area contributed by atoms with Crippen LogP contribution in [0.2, 0.25) is 0 Å². The molecule has 1 heterocycles. The van der Waals surface area contributed by atoms with E-state index in [4.69, 9.17) is 20.6 Å². The first-order valence-corrected chi connectivity index (χ1v) is 11.2. The Hall–Kier alpha value is -3.99. The zero-order valence-electron chi connectivity index (χ0n) is 19.6. The van der Waals surface area contributed by atoms with E-state index in [1.54, 1.807) is 19.1 Å². The van der Waals surface area contributed by atoms with Crippen molar-refractivity contribution in [1.82, 2.24) is 14.9 Å². The zero-order valence-corrected chi connectivity index (χ0v) is 19.6. The summed E-state index contributed by atoms with van der Waals surface area (Å²) >= 11 is 0. The monoisotopic (exact) mass is 460 g/mol. The number of carbonyl (C=O) groups excluding carboxylic acids is 1. The van der Waals surface area contributed by atoms with Crippen molar-refractivity contribution in [3.63, 3.8) is 0 Å². The quantitative estimate of drug-likeness (QED) is 0.531. The summed E-state index contributed by atoms with van der Waals surface area (Å²) in [5.74, 6) is 4.54. The molecule has 1 N–H and O–H groups in total. The SMILES string of the molecule is C#Cc1cccc(Nc2ncnc3cc(OC)c(OC4CCC(N(C)C(=O)OC)CC4)cc23)c1. The van der Waals surface area contributed by atoms with Gasteiger partial charge in [-0.3, -0.25) is 0 Å². The Kier molecular flexibility index (Phi) is 7.02. The van der Waals surface area contributed by atoms with Crippen LogP contribution in [0.5, 0.6) is 11.5 Å². The highest BCUT2D eigenvalue weighted by Crippen LogP contribution is 2.37. The average molecular weight is 461 g/mol. The summed E-state index contributed by atoms with van der Waals surface area (Å²) < 4.78 is 16.8. The minimum Gasteiger partial charge on any atom is -0.493 e. The van der Waals surface area contributed by atoms with Crippen LogP contribution in [0.4, 0.5) is 16.3 Å². The minimum absolute atomic E-state index is 0.0157.